The number of carbonyl (C=O) groups excluding carboxylic acids is 1. The van der Waals surface area contributed by atoms with Gasteiger partial charge in [-0.05, 0) is 55.6 Å². The molecule has 2 saturated carbocycles. The van der Waals surface area contributed by atoms with E-state index < -0.39 is 0 Å². The third-order valence-electron chi connectivity index (χ3n) is 8.27. The first-order chi connectivity index (χ1) is 14.0. The number of piperazine rings is 1. The van der Waals surface area contributed by atoms with Crippen LogP contribution in [0.3, 0.4) is 0 Å². The van der Waals surface area contributed by atoms with Crippen LogP contribution < -0.4 is 4.90 Å². The Bertz CT molecular complexity index is 770. The zero-order chi connectivity index (χ0) is 20.0. The molecule has 4 heteroatoms. The van der Waals surface area contributed by atoms with Gasteiger partial charge in [0.15, 0.2) is 0 Å². The Balaban J connectivity index is 1.23. The smallest absolute Gasteiger partial charge is 0.310 e. The van der Waals surface area contributed by atoms with Gasteiger partial charge in [0.1, 0.15) is 6.10 Å². The Morgan fingerprint density at radius 1 is 1.17 bits per heavy atom. The maximum atomic E-state index is 12.8. The van der Waals surface area contributed by atoms with Gasteiger partial charge in [0.2, 0.25) is 0 Å². The molecule has 4 aliphatic rings. The van der Waals surface area contributed by atoms with Crippen LogP contribution in [0.1, 0.15) is 39.0 Å². The topological polar surface area (TPSA) is 32.8 Å². The number of allylic oxidation sites excluding steroid dienone is 1. The summed E-state index contributed by atoms with van der Waals surface area (Å²) in [6, 6.07) is 10.6. The van der Waals surface area contributed by atoms with E-state index in [1.807, 2.05) is 0 Å². The summed E-state index contributed by atoms with van der Waals surface area (Å²) >= 11 is 0. The zero-order valence-corrected chi connectivity index (χ0v) is 17.7. The number of hydrogen-bond acceptors (Lipinski definition) is 4. The number of anilines is 1. The predicted octanol–water partition coefficient (Wildman–Crippen LogP) is 4.12. The van der Waals surface area contributed by atoms with Crippen LogP contribution in [-0.2, 0) is 9.53 Å². The van der Waals surface area contributed by atoms with E-state index in [-0.39, 0.29) is 23.4 Å². The number of esters is 1. The molecule has 1 aromatic carbocycles. The summed E-state index contributed by atoms with van der Waals surface area (Å²) in [7, 11) is 0. The Morgan fingerprint density at radius 2 is 1.93 bits per heavy atom. The van der Waals surface area contributed by atoms with Gasteiger partial charge in [-0.25, -0.2) is 0 Å². The van der Waals surface area contributed by atoms with E-state index in [1.54, 1.807) is 0 Å². The molecule has 5 rings (SSSR count). The van der Waals surface area contributed by atoms with Gasteiger partial charge < -0.3 is 9.64 Å². The van der Waals surface area contributed by atoms with E-state index in [9.17, 15) is 4.79 Å². The maximum absolute atomic E-state index is 12.8. The second-order valence-corrected chi connectivity index (χ2v) is 10.0. The van der Waals surface area contributed by atoms with E-state index in [1.165, 1.54) is 30.5 Å². The van der Waals surface area contributed by atoms with E-state index in [0.717, 1.165) is 45.6 Å². The molecule has 29 heavy (non-hydrogen) atoms. The third-order valence-corrected chi connectivity index (χ3v) is 8.27. The number of rotatable bonds is 3. The Labute approximate surface area is 174 Å². The van der Waals surface area contributed by atoms with Crippen LogP contribution in [0, 0.1) is 23.2 Å². The lowest BCUT2D eigenvalue weighted by Crippen LogP contribution is -2.50. The molecule has 4 fully saturated rings. The fourth-order valence-corrected chi connectivity index (χ4v) is 6.57. The third kappa shape index (κ3) is 3.50. The van der Waals surface area contributed by atoms with Gasteiger partial charge in [-0.1, -0.05) is 37.3 Å². The fraction of sp³-hybridized carbons (Fsp3) is 0.640. The summed E-state index contributed by atoms with van der Waals surface area (Å²) in [4.78, 5) is 17.7. The molecule has 0 aromatic heterocycles. The van der Waals surface area contributed by atoms with Crippen molar-refractivity contribution < 1.29 is 9.53 Å². The summed E-state index contributed by atoms with van der Waals surface area (Å²) < 4.78 is 5.95. The number of fused-ring (bicyclic) bond motifs is 2. The van der Waals surface area contributed by atoms with Gasteiger partial charge in [0, 0.05) is 44.3 Å². The lowest BCUT2D eigenvalue weighted by atomic mass is 9.55. The van der Waals surface area contributed by atoms with Gasteiger partial charge in [-0.2, -0.15) is 0 Å². The molecule has 5 atom stereocenters. The first kappa shape index (κ1) is 19.2. The van der Waals surface area contributed by atoms with Gasteiger partial charge in [-0.15, -0.1) is 0 Å². The van der Waals surface area contributed by atoms with Gasteiger partial charge in [-0.3, -0.25) is 9.69 Å². The van der Waals surface area contributed by atoms with Crippen LogP contribution in [0.25, 0.3) is 0 Å². The van der Waals surface area contributed by atoms with Crippen molar-refractivity contribution in [3.05, 3.63) is 42.5 Å². The number of nitrogens with zero attached hydrogens (tertiary/aromatic N) is 2. The van der Waals surface area contributed by atoms with Crippen LogP contribution in [0.5, 0.6) is 0 Å². The molecule has 2 heterocycles. The minimum Gasteiger partial charge on any atom is -0.462 e. The highest BCUT2D eigenvalue weighted by molar-refractivity contribution is 5.75. The largest absolute Gasteiger partial charge is 0.462 e. The predicted molar refractivity (Wildman–Crippen MR) is 116 cm³/mol. The molecule has 0 spiro atoms. The molecular weight excluding hydrogens is 360 g/mol. The Hall–Kier alpha value is -1.81. The summed E-state index contributed by atoms with van der Waals surface area (Å²) in [5.74, 6) is 1.05. The highest BCUT2D eigenvalue weighted by Crippen LogP contribution is 2.56. The highest BCUT2D eigenvalue weighted by atomic mass is 16.6. The minimum atomic E-state index is 0.0440. The Kier molecular flexibility index (Phi) is 4.93. The van der Waals surface area contributed by atoms with Crippen LogP contribution >= 0.6 is 0 Å². The first-order valence-corrected chi connectivity index (χ1v) is 11.4. The molecule has 0 bridgehead atoms. The first-order valence-electron chi connectivity index (χ1n) is 11.4. The number of ether oxygens (including phenoxy) is 1. The summed E-state index contributed by atoms with van der Waals surface area (Å²) in [5, 5.41) is 0. The fourth-order valence-electron chi connectivity index (χ4n) is 6.57. The number of para-hydroxylation sites is 1. The van der Waals surface area contributed by atoms with Crippen LogP contribution in [-0.4, -0.2) is 49.7 Å². The summed E-state index contributed by atoms with van der Waals surface area (Å²) in [6.45, 7) is 11.8. The standard InChI is InChI=1S/C25H34N2O2/c1-18-7-6-10-25(2)16-23-20(15-22(18)25)21(24(28)29-23)17-26-11-13-27(14-12-26)19-8-4-3-5-9-19/h3-5,8-9,20-23H,1,6-7,10-17H2,2H3/t20-,21-,22+,23-,25-/m1/s1. The molecule has 0 radical (unpaired) electrons. The molecule has 1 aromatic rings. The van der Waals surface area contributed by atoms with Crippen molar-refractivity contribution in [2.45, 2.75) is 45.1 Å². The normalized spacial score (nSPS) is 37.8. The van der Waals surface area contributed by atoms with E-state index in [2.05, 4.69) is 53.6 Å². The van der Waals surface area contributed by atoms with Crippen molar-refractivity contribution in [2.24, 2.45) is 23.2 Å². The van der Waals surface area contributed by atoms with Crippen molar-refractivity contribution in [1.82, 2.24) is 4.90 Å². The second kappa shape index (κ2) is 7.46. The molecule has 0 N–H and O–H groups in total. The minimum absolute atomic E-state index is 0.0440. The summed E-state index contributed by atoms with van der Waals surface area (Å²) in [5.41, 5.74) is 3.01. The highest BCUT2D eigenvalue weighted by Gasteiger charge is 2.55. The van der Waals surface area contributed by atoms with Crippen LogP contribution in [0.4, 0.5) is 5.69 Å². The molecule has 0 unspecified atom stereocenters. The lowest BCUT2D eigenvalue weighted by molar-refractivity contribution is -0.146. The molecule has 4 nitrogen and oxygen atoms in total. The van der Waals surface area contributed by atoms with Crippen molar-refractivity contribution in [3.8, 4) is 0 Å². The zero-order valence-electron chi connectivity index (χ0n) is 17.7. The average molecular weight is 395 g/mol. The van der Waals surface area contributed by atoms with Crippen molar-refractivity contribution in [1.29, 1.82) is 0 Å². The average Bonchev–Trinajstić information content (AvgIpc) is 3.01. The van der Waals surface area contributed by atoms with Crippen molar-refractivity contribution in [3.63, 3.8) is 0 Å². The van der Waals surface area contributed by atoms with Gasteiger partial charge >= 0.3 is 5.97 Å². The molecule has 0 amide bonds. The van der Waals surface area contributed by atoms with E-state index in [0.29, 0.717) is 11.8 Å². The number of carbonyl (C=O) groups is 1. The van der Waals surface area contributed by atoms with Gasteiger partial charge in [0.25, 0.3) is 0 Å². The lowest BCUT2D eigenvalue weighted by Gasteiger charge is -2.50. The molecule has 2 aliphatic carbocycles. The van der Waals surface area contributed by atoms with Gasteiger partial charge in [0.05, 0.1) is 5.92 Å². The molecular formula is C25H34N2O2. The maximum Gasteiger partial charge on any atom is 0.310 e. The SMILES string of the molecule is C=C1CCC[C@]2(C)C[C@H]3OC(=O)[C@H](CN4CCN(c5ccccc5)CC4)[C@H]3C[C@@H]12. The number of hydrogen-bond donors (Lipinski definition) is 0. The van der Waals surface area contributed by atoms with Crippen LogP contribution in [0.15, 0.2) is 42.5 Å². The molecule has 2 aliphatic heterocycles. The van der Waals surface area contributed by atoms with Crippen LogP contribution in [0.2, 0.25) is 0 Å². The summed E-state index contributed by atoms with van der Waals surface area (Å²) in [6.07, 6.45) is 5.92. The van der Waals surface area contributed by atoms with Crippen molar-refractivity contribution >= 4 is 11.7 Å². The molecule has 2 saturated heterocycles. The molecule has 156 valence electrons. The number of benzene rings is 1. The quantitative estimate of drug-likeness (QED) is 0.570. The van der Waals surface area contributed by atoms with Crippen molar-refractivity contribution in [2.75, 3.05) is 37.6 Å². The van der Waals surface area contributed by atoms with E-state index in [4.69, 9.17) is 4.74 Å². The second-order valence-electron chi connectivity index (χ2n) is 10.0. The monoisotopic (exact) mass is 394 g/mol. The van der Waals surface area contributed by atoms with E-state index >= 15 is 0 Å². The Morgan fingerprint density at radius 3 is 2.69 bits per heavy atom.